The molecule has 21 heteroatoms. The topological polar surface area (TPSA) is 353 Å². The van der Waals surface area contributed by atoms with E-state index in [2.05, 4.69) is 47.2 Å². The van der Waals surface area contributed by atoms with Gasteiger partial charge in [-0.3, -0.25) is 43.5 Å². The highest BCUT2D eigenvalue weighted by Crippen LogP contribution is 2.10. The molecule has 0 aliphatic carbocycles. The maximum Gasteiger partial charge on any atom is 0.305 e. The van der Waals surface area contributed by atoms with Crippen molar-refractivity contribution in [1.82, 2.24) is 37.2 Å². The molecule has 0 radical (unpaired) electrons. The third-order valence-corrected chi connectivity index (χ3v) is 8.58. The van der Waals surface area contributed by atoms with Gasteiger partial charge >= 0.3 is 5.97 Å². The lowest BCUT2D eigenvalue weighted by molar-refractivity contribution is -0.141. The zero-order valence-electron chi connectivity index (χ0n) is 31.7. The van der Waals surface area contributed by atoms with Gasteiger partial charge in [-0.1, -0.05) is 37.3 Å². The van der Waals surface area contributed by atoms with E-state index in [4.69, 9.17) is 22.9 Å². The number of carboxylic acids is 1. The van der Waals surface area contributed by atoms with Gasteiger partial charge in [0, 0.05) is 45.7 Å². The van der Waals surface area contributed by atoms with Crippen LogP contribution in [0.3, 0.4) is 0 Å². The molecule has 0 spiro atoms. The number of benzene rings is 1. The molecule has 6 amide bonds. The SMILES string of the molecule is C[C@@H]1CNC(=O)CCC(C(=O)NCC(CCCN=C(N)N)C(=O)NCc2ccccc2)NC(=O)C(CC(=O)O)NC(=O)CNC(=O)C(CCCN=C(N)N)NC1. The van der Waals surface area contributed by atoms with Crippen molar-refractivity contribution in [2.45, 2.75) is 76.5 Å². The predicted molar refractivity (Wildman–Crippen MR) is 207 cm³/mol. The summed E-state index contributed by atoms with van der Waals surface area (Å²) in [5.41, 5.74) is 22.5. The molecule has 1 aromatic carbocycles. The number of hydrogen-bond acceptors (Lipinski definition) is 10. The molecule has 1 aromatic rings. The fourth-order valence-electron chi connectivity index (χ4n) is 5.51. The molecule has 21 nitrogen and oxygen atoms in total. The van der Waals surface area contributed by atoms with Crippen molar-refractivity contribution in [2.24, 2.45) is 44.8 Å². The summed E-state index contributed by atoms with van der Waals surface area (Å²) in [6.45, 7) is 2.35. The van der Waals surface area contributed by atoms with Gasteiger partial charge in [-0.15, -0.1) is 0 Å². The van der Waals surface area contributed by atoms with Crippen LogP contribution in [0.1, 0.15) is 57.4 Å². The normalized spacial score (nSPS) is 20.6. The van der Waals surface area contributed by atoms with E-state index in [9.17, 15) is 38.7 Å². The molecular weight excluding hydrogens is 730 g/mol. The summed E-state index contributed by atoms with van der Waals surface area (Å²) in [7, 11) is 0. The lowest BCUT2D eigenvalue weighted by Gasteiger charge is -2.25. The first-order valence-electron chi connectivity index (χ1n) is 18.4. The van der Waals surface area contributed by atoms with Crippen molar-refractivity contribution in [3.05, 3.63) is 35.9 Å². The number of amides is 6. The van der Waals surface area contributed by atoms with Gasteiger partial charge in [0.15, 0.2) is 11.9 Å². The fourth-order valence-corrected chi connectivity index (χ4v) is 5.51. The van der Waals surface area contributed by atoms with Gasteiger partial charge in [-0.2, -0.15) is 0 Å². The number of carboxylic acid groups (broad SMARTS) is 1. The Hall–Kier alpha value is -5.99. The average molecular weight is 788 g/mol. The number of rotatable bonds is 16. The predicted octanol–water partition coefficient (Wildman–Crippen LogP) is -3.79. The number of guanidine groups is 2. The molecule has 56 heavy (non-hydrogen) atoms. The van der Waals surface area contributed by atoms with E-state index in [1.54, 1.807) is 0 Å². The molecule has 4 unspecified atom stereocenters. The Bertz CT molecular complexity index is 1530. The summed E-state index contributed by atoms with van der Waals surface area (Å²) in [5, 5.41) is 28.2. The van der Waals surface area contributed by atoms with Crippen LogP contribution in [0.15, 0.2) is 40.3 Å². The van der Waals surface area contributed by atoms with E-state index in [0.29, 0.717) is 25.8 Å². The van der Waals surface area contributed by atoms with Crippen LogP contribution in [-0.2, 0) is 40.1 Å². The number of nitrogens with two attached hydrogens (primary N) is 4. The lowest BCUT2D eigenvalue weighted by Crippen LogP contribution is -2.56. The van der Waals surface area contributed by atoms with Crippen LogP contribution in [0.5, 0.6) is 0 Å². The third-order valence-electron chi connectivity index (χ3n) is 8.58. The Morgan fingerprint density at radius 3 is 2.20 bits per heavy atom. The molecule has 0 aromatic heterocycles. The first-order chi connectivity index (χ1) is 26.6. The summed E-state index contributed by atoms with van der Waals surface area (Å²) in [6, 6.07) is 5.42. The van der Waals surface area contributed by atoms with Crippen LogP contribution in [-0.4, -0.2) is 116 Å². The van der Waals surface area contributed by atoms with Crippen LogP contribution >= 0.6 is 0 Å². The molecule has 1 saturated heterocycles. The van der Waals surface area contributed by atoms with Crippen molar-refractivity contribution in [2.75, 3.05) is 39.3 Å². The van der Waals surface area contributed by atoms with Gasteiger partial charge in [0.05, 0.1) is 24.9 Å². The summed E-state index contributed by atoms with van der Waals surface area (Å²) < 4.78 is 0. The average Bonchev–Trinajstić information content (AvgIpc) is 3.15. The van der Waals surface area contributed by atoms with E-state index in [0.717, 1.165) is 5.56 Å². The highest BCUT2D eigenvalue weighted by molar-refractivity contribution is 5.95. The standard InChI is InChI=1S/C35H57N13O8/c1-21-16-42-24(10-6-14-41-35(38)39)31(54)46-20-28(50)47-26(15-29(51)52)33(56)48-25(11-12-27(49)43-17-21)32(55)45-19-23(9-5-13-40-34(36)37)30(53)44-18-22-7-3-2-4-8-22/h2-4,7-8,21,23-26,42H,5-6,9-20H2,1H3,(H,43,49)(H,44,53)(H,45,55)(H,46,54)(H,47,50)(H,48,56)(H,51,52)(H4,36,37,40)(H4,38,39,41)/t21-,23?,24?,25?,26?/m0/s1. The maximum atomic E-state index is 13.6. The number of nitrogens with one attached hydrogen (secondary N) is 7. The Morgan fingerprint density at radius 2 is 1.54 bits per heavy atom. The smallest absolute Gasteiger partial charge is 0.305 e. The van der Waals surface area contributed by atoms with Crippen molar-refractivity contribution in [3.63, 3.8) is 0 Å². The van der Waals surface area contributed by atoms with E-state index in [1.807, 2.05) is 37.3 Å². The minimum absolute atomic E-state index is 0.0970. The van der Waals surface area contributed by atoms with Gasteiger partial charge in [0.25, 0.3) is 0 Å². The Balaban J connectivity index is 2.24. The van der Waals surface area contributed by atoms with Crippen LogP contribution < -0.4 is 60.2 Å². The minimum atomic E-state index is -1.65. The molecule has 2 rings (SSSR count). The van der Waals surface area contributed by atoms with Crippen molar-refractivity contribution in [3.8, 4) is 0 Å². The number of carbonyl (C=O) groups excluding carboxylic acids is 6. The summed E-state index contributed by atoms with van der Waals surface area (Å²) in [5.74, 6) is -6.49. The van der Waals surface area contributed by atoms with Crippen molar-refractivity contribution in [1.29, 1.82) is 0 Å². The van der Waals surface area contributed by atoms with E-state index >= 15 is 0 Å². The molecule has 1 fully saturated rings. The fraction of sp³-hybridized carbons (Fsp3) is 0.571. The van der Waals surface area contributed by atoms with E-state index in [-0.39, 0.29) is 75.7 Å². The van der Waals surface area contributed by atoms with Crippen LogP contribution in [0.4, 0.5) is 0 Å². The van der Waals surface area contributed by atoms with Crippen molar-refractivity contribution >= 4 is 53.3 Å². The number of hydrogen-bond donors (Lipinski definition) is 12. The zero-order chi connectivity index (χ0) is 41.5. The second kappa shape index (κ2) is 25.2. The zero-order valence-corrected chi connectivity index (χ0v) is 31.7. The van der Waals surface area contributed by atoms with Gasteiger partial charge in [-0.05, 0) is 43.6 Å². The monoisotopic (exact) mass is 787 g/mol. The Kier molecular flexibility index (Phi) is 20.7. The van der Waals surface area contributed by atoms with Crippen molar-refractivity contribution < 1.29 is 38.7 Å². The number of aliphatic imine (C=N–C) groups is 2. The summed E-state index contributed by atoms with van der Waals surface area (Å²) >= 11 is 0. The molecule has 1 aliphatic rings. The first kappa shape index (κ1) is 46.2. The van der Waals surface area contributed by atoms with Gasteiger partial charge in [0.1, 0.15) is 12.1 Å². The maximum absolute atomic E-state index is 13.6. The van der Waals surface area contributed by atoms with Crippen LogP contribution in [0.2, 0.25) is 0 Å². The van der Waals surface area contributed by atoms with Gasteiger partial charge < -0.3 is 65.3 Å². The quantitative estimate of drug-likeness (QED) is 0.0435. The van der Waals surface area contributed by atoms with E-state index in [1.165, 1.54) is 0 Å². The summed E-state index contributed by atoms with van der Waals surface area (Å²) in [6.07, 6.45) is 0.142. The first-order valence-corrected chi connectivity index (χ1v) is 18.4. The molecule has 0 bridgehead atoms. The summed E-state index contributed by atoms with van der Waals surface area (Å²) in [4.78, 5) is 98.7. The number of nitrogens with zero attached hydrogens (tertiary/aromatic N) is 2. The molecule has 5 atom stereocenters. The Morgan fingerprint density at radius 1 is 0.857 bits per heavy atom. The number of carbonyl (C=O) groups is 7. The molecule has 310 valence electrons. The Labute approximate surface area is 325 Å². The number of aliphatic carboxylic acids is 1. The highest BCUT2D eigenvalue weighted by atomic mass is 16.4. The van der Waals surface area contributed by atoms with Crippen LogP contribution in [0, 0.1) is 11.8 Å². The molecular formula is C35H57N13O8. The second-order valence-corrected chi connectivity index (χ2v) is 13.4. The minimum Gasteiger partial charge on any atom is -0.481 e. The second-order valence-electron chi connectivity index (χ2n) is 13.4. The third kappa shape index (κ3) is 19.4. The van der Waals surface area contributed by atoms with Crippen LogP contribution in [0.25, 0.3) is 0 Å². The molecule has 16 N–H and O–H groups in total. The molecule has 1 heterocycles. The molecule has 1 aliphatic heterocycles. The largest absolute Gasteiger partial charge is 0.481 e. The van der Waals surface area contributed by atoms with E-state index < -0.39 is 72.5 Å². The lowest BCUT2D eigenvalue weighted by atomic mass is 10.0. The highest BCUT2D eigenvalue weighted by Gasteiger charge is 2.30. The molecule has 0 saturated carbocycles. The van der Waals surface area contributed by atoms with Gasteiger partial charge in [0.2, 0.25) is 35.4 Å². The van der Waals surface area contributed by atoms with Gasteiger partial charge in [-0.25, -0.2) is 0 Å².